The van der Waals surface area contributed by atoms with Gasteiger partial charge in [0.05, 0.1) is 23.2 Å². The summed E-state index contributed by atoms with van der Waals surface area (Å²) in [5.41, 5.74) is 0.948. The SMILES string of the molecule is CS(=O)(=O)N(CC(=O)Nc1ccccc1C#N)c1ccc(Cl)cc1. The van der Waals surface area contributed by atoms with Gasteiger partial charge in [0.1, 0.15) is 12.6 Å². The smallest absolute Gasteiger partial charge is 0.245 e. The first-order valence-electron chi connectivity index (χ1n) is 6.83. The first-order chi connectivity index (χ1) is 11.3. The Balaban J connectivity index is 2.23. The van der Waals surface area contributed by atoms with E-state index in [0.717, 1.165) is 10.6 Å². The Morgan fingerprint density at radius 2 is 1.83 bits per heavy atom. The maximum absolute atomic E-state index is 12.2. The summed E-state index contributed by atoms with van der Waals surface area (Å²) in [5, 5.41) is 12.0. The normalized spacial score (nSPS) is 10.7. The second-order valence-electron chi connectivity index (χ2n) is 4.95. The van der Waals surface area contributed by atoms with Crippen LogP contribution < -0.4 is 9.62 Å². The van der Waals surface area contributed by atoms with Gasteiger partial charge >= 0.3 is 0 Å². The average molecular weight is 364 g/mol. The van der Waals surface area contributed by atoms with Crippen molar-refractivity contribution < 1.29 is 13.2 Å². The Morgan fingerprint density at radius 1 is 1.21 bits per heavy atom. The minimum Gasteiger partial charge on any atom is -0.323 e. The van der Waals surface area contributed by atoms with Crippen LogP contribution in [0.1, 0.15) is 5.56 Å². The van der Waals surface area contributed by atoms with E-state index in [2.05, 4.69) is 5.32 Å². The molecule has 0 aliphatic heterocycles. The molecule has 8 heteroatoms. The molecule has 0 bridgehead atoms. The molecule has 24 heavy (non-hydrogen) atoms. The zero-order valence-corrected chi connectivity index (χ0v) is 14.3. The van der Waals surface area contributed by atoms with Crippen LogP contribution in [-0.2, 0) is 14.8 Å². The van der Waals surface area contributed by atoms with E-state index in [-0.39, 0.29) is 0 Å². The molecule has 0 aliphatic rings. The van der Waals surface area contributed by atoms with Crippen molar-refractivity contribution in [2.75, 3.05) is 22.4 Å². The first kappa shape index (κ1) is 17.8. The molecule has 0 unspecified atom stereocenters. The van der Waals surface area contributed by atoms with Gasteiger partial charge in [-0.05, 0) is 36.4 Å². The molecule has 0 radical (unpaired) electrons. The van der Waals surface area contributed by atoms with E-state index in [0.29, 0.717) is 22.0 Å². The van der Waals surface area contributed by atoms with Gasteiger partial charge in [-0.25, -0.2) is 8.42 Å². The zero-order valence-electron chi connectivity index (χ0n) is 12.7. The summed E-state index contributed by atoms with van der Waals surface area (Å²) in [6, 6.07) is 14.5. The number of benzene rings is 2. The lowest BCUT2D eigenvalue weighted by Crippen LogP contribution is -2.37. The van der Waals surface area contributed by atoms with Crippen LogP contribution in [0.2, 0.25) is 5.02 Å². The molecule has 0 aromatic heterocycles. The van der Waals surface area contributed by atoms with Crippen LogP contribution in [0.15, 0.2) is 48.5 Å². The third-order valence-corrected chi connectivity index (χ3v) is 4.52. The van der Waals surface area contributed by atoms with Crippen molar-refractivity contribution in [3.8, 4) is 6.07 Å². The summed E-state index contributed by atoms with van der Waals surface area (Å²) in [4.78, 5) is 12.2. The number of nitrogens with one attached hydrogen (secondary N) is 1. The van der Waals surface area contributed by atoms with Gasteiger partial charge in [0.15, 0.2) is 0 Å². The highest BCUT2D eigenvalue weighted by molar-refractivity contribution is 7.92. The Labute approximate surface area is 145 Å². The number of para-hydroxylation sites is 1. The van der Waals surface area contributed by atoms with Crippen LogP contribution in [0, 0.1) is 11.3 Å². The third kappa shape index (κ3) is 4.47. The Kier molecular flexibility index (Phi) is 5.44. The highest BCUT2D eigenvalue weighted by Gasteiger charge is 2.21. The monoisotopic (exact) mass is 363 g/mol. The van der Waals surface area contributed by atoms with Crippen LogP contribution in [0.5, 0.6) is 0 Å². The summed E-state index contributed by atoms with van der Waals surface area (Å²) in [7, 11) is -3.67. The van der Waals surface area contributed by atoms with Crippen LogP contribution >= 0.6 is 11.6 Å². The third-order valence-electron chi connectivity index (χ3n) is 3.12. The number of halogens is 1. The van der Waals surface area contributed by atoms with Gasteiger partial charge < -0.3 is 5.32 Å². The van der Waals surface area contributed by atoms with E-state index in [1.165, 1.54) is 24.3 Å². The van der Waals surface area contributed by atoms with Gasteiger partial charge in [-0.1, -0.05) is 23.7 Å². The lowest BCUT2D eigenvalue weighted by Gasteiger charge is -2.22. The Hall–Kier alpha value is -2.56. The fraction of sp³-hybridized carbons (Fsp3) is 0.125. The number of anilines is 2. The van der Waals surface area contributed by atoms with E-state index >= 15 is 0 Å². The second kappa shape index (κ2) is 7.34. The summed E-state index contributed by atoms with van der Waals surface area (Å²) < 4.78 is 24.9. The van der Waals surface area contributed by atoms with Gasteiger partial charge in [0, 0.05) is 5.02 Å². The number of hydrogen-bond acceptors (Lipinski definition) is 4. The molecule has 2 aromatic carbocycles. The topological polar surface area (TPSA) is 90.3 Å². The molecule has 124 valence electrons. The molecule has 6 nitrogen and oxygen atoms in total. The van der Waals surface area contributed by atoms with Gasteiger partial charge in [0.25, 0.3) is 0 Å². The second-order valence-corrected chi connectivity index (χ2v) is 7.29. The number of amides is 1. The molecule has 0 spiro atoms. The number of sulfonamides is 1. The Bertz CT molecular complexity index is 890. The molecule has 1 N–H and O–H groups in total. The summed E-state index contributed by atoms with van der Waals surface area (Å²) in [6.07, 6.45) is 1.01. The number of nitriles is 1. The first-order valence-corrected chi connectivity index (χ1v) is 9.06. The molecule has 0 fully saturated rings. The van der Waals surface area contributed by atoms with Crippen LogP contribution in [0.3, 0.4) is 0 Å². The van der Waals surface area contributed by atoms with Crippen molar-refractivity contribution in [3.05, 3.63) is 59.1 Å². The van der Waals surface area contributed by atoms with Gasteiger partial charge in [-0.3, -0.25) is 9.10 Å². The lowest BCUT2D eigenvalue weighted by atomic mass is 10.2. The average Bonchev–Trinajstić information content (AvgIpc) is 2.53. The molecular weight excluding hydrogens is 350 g/mol. The molecule has 0 aliphatic carbocycles. The summed E-state index contributed by atoms with van der Waals surface area (Å²) in [6.45, 7) is -0.416. The number of carbonyl (C=O) groups excluding carboxylic acids is 1. The highest BCUT2D eigenvalue weighted by Crippen LogP contribution is 2.21. The maximum atomic E-state index is 12.2. The number of carbonyl (C=O) groups is 1. The fourth-order valence-electron chi connectivity index (χ4n) is 2.02. The number of rotatable bonds is 5. The molecule has 0 atom stereocenters. The van der Waals surface area contributed by atoms with Crippen LogP contribution in [0.4, 0.5) is 11.4 Å². The number of hydrogen-bond donors (Lipinski definition) is 1. The van der Waals surface area contributed by atoms with Crippen molar-refractivity contribution in [1.29, 1.82) is 5.26 Å². The van der Waals surface area contributed by atoms with Crippen molar-refractivity contribution in [1.82, 2.24) is 0 Å². The summed E-state index contributed by atoms with van der Waals surface area (Å²) in [5.74, 6) is -0.557. The largest absolute Gasteiger partial charge is 0.323 e. The van der Waals surface area contributed by atoms with E-state index in [1.54, 1.807) is 24.3 Å². The van der Waals surface area contributed by atoms with Gasteiger partial charge in [0.2, 0.25) is 15.9 Å². The summed E-state index contributed by atoms with van der Waals surface area (Å²) >= 11 is 5.80. The van der Waals surface area contributed by atoms with E-state index in [9.17, 15) is 13.2 Å². The van der Waals surface area contributed by atoms with Crippen LogP contribution in [-0.4, -0.2) is 27.1 Å². The molecule has 0 saturated carbocycles. The minimum atomic E-state index is -3.67. The molecule has 0 heterocycles. The maximum Gasteiger partial charge on any atom is 0.245 e. The van der Waals surface area contributed by atoms with Gasteiger partial charge in [-0.2, -0.15) is 5.26 Å². The van der Waals surface area contributed by atoms with Crippen molar-refractivity contribution in [2.45, 2.75) is 0 Å². The van der Waals surface area contributed by atoms with E-state index in [1.807, 2.05) is 6.07 Å². The van der Waals surface area contributed by atoms with E-state index < -0.39 is 22.5 Å². The fourth-order valence-corrected chi connectivity index (χ4v) is 3.00. The zero-order chi connectivity index (χ0) is 17.7. The molecule has 2 aromatic rings. The number of nitrogens with zero attached hydrogens (tertiary/aromatic N) is 2. The molecule has 1 amide bonds. The quantitative estimate of drug-likeness (QED) is 0.884. The van der Waals surface area contributed by atoms with Crippen molar-refractivity contribution in [2.24, 2.45) is 0 Å². The minimum absolute atomic E-state index is 0.295. The van der Waals surface area contributed by atoms with E-state index in [4.69, 9.17) is 16.9 Å². The van der Waals surface area contributed by atoms with Crippen LogP contribution in [0.25, 0.3) is 0 Å². The predicted octanol–water partition coefficient (Wildman–Crippen LogP) is 2.62. The lowest BCUT2D eigenvalue weighted by molar-refractivity contribution is -0.114. The Morgan fingerprint density at radius 3 is 2.42 bits per heavy atom. The van der Waals surface area contributed by atoms with Crippen molar-refractivity contribution >= 4 is 38.9 Å². The van der Waals surface area contributed by atoms with Gasteiger partial charge in [-0.15, -0.1) is 0 Å². The molecule has 0 saturated heterocycles. The molecular formula is C16H14ClN3O3S. The standard InChI is InChI=1S/C16H14ClN3O3S/c1-24(22,23)20(14-8-6-13(17)7-9-14)11-16(21)19-15-5-3-2-4-12(15)10-18/h2-9H,11H2,1H3,(H,19,21). The molecule has 2 rings (SSSR count). The van der Waals surface area contributed by atoms with Crippen molar-refractivity contribution in [3.63, 3.8) is 0 Å². The highest BCUT2D eigenvalue weighted by atomic mass is 35.5. The predicted molar refractivity (Wildman–Crippen MR) is 93.4 cm³/mol.